The number of pyridine rings is 1. The fourth-order valence-electron chi connectivity index (χ4n) is 2.49. The van der Waals surface area contributed by atoms with Crippen molar-refractivity contribution in [2.45, 2.75) is 25.8 Å². The predicted molar refractivity (Wildman–Crippen MR) is 73.2 cm³/mol. The van der Waals surface area contributed by atoms with E-state index in [1.165, 1.54) is 0 Å². The molecule has 0 aliphatic carbocycles. The van der Waals surface area contributed by atoms with Gasteiger partial charge in [0, 0.05) is 18.8 Å². The molecule has 104 valence electrons. The summed E-state index contributed by atoms with van der Waals surface area (Å²) in [5, 5.41) is 6.49. The first-order chi connectivity index (χ1) is 9.74. The highest BCUT2D eigenvalue weighted by Crippen LogP contribution is 2.31. The molecule has 2 aromatic rings. The number of aromatic nitrogens is 2. The first kappa shape index (κ1) is 12.7. The van der Waals surface area contributed by atoms with Gasteiger partial charge in [0.1, 0.15) is 0 Å². The van der Waals surface area contributed by atoms with E-state index in [9.17, 15) is 4.79 Å². The Balaban J connectivity index is 1.73. The van der Waals surface area contributed by atoms with Crippen LogP contribution in [0.1, 0.15) is 30.3 Å². The lowest BCUT2D eigenvalue weighted by molar-refractivity contribution is 0.205. The van der Waals surface area contributed by atoms with E-state index < -0.39 is 0 Å². The van der Waals surface area contributed by atoms with Crippen LogP contribution in [-0.2, 0) is 0 Å². The van der Waals surface area contributed by atoms with Crippen molar-refractivity contribution in [3.05, 3.63) is 41.9 Å². The Hall–Kier alpha value is -2.37. The van der Waals surface area contributed by atoms with Gasteiger partial charge < -0.3 is 9.42 Å². The summed E-state index contributed by atoms with van der Waals surface area (Å²) >= 11 is 0. The normalized spacial score (nSPS) is 18.2. The number of likely N-dealkylation sites (tertiary alicyclic amines) is 1. The van der Waals surface area contributed by atoms with E-state index >= 15 is 0 Å². The molecule has 1 saturated heterocycles. The van der Waals surface area contributed by atoms with Crippen molar-refractivity contribution in [3.8, 4) is 0 Å². The van der Waals surface area contributed by atoms with Crippen LogP contribution in [0.25, 0.3) is 0 Å². The van der Waals surface area contributed by atoms with Crippen LogP contribution in [0.5, 0.6) is 0 Å². The minimum absolute atomic E-state index is 0.0280. The van der Waals surface area contributed by atoms with Gasteiger partial charge in [0.25, 0.3) is 0 Å². The molecule has 3 heterocycles. The van der Waals surface area contributed by atoms with Gasteiger partial charge in [-0.25, -0.2) is 4.79 Å². The largest absolute Gasteiger partial charge is 0.338 e. The molecule has 2 amide bonds. The molecule has 1 aliphatic heterocycles. The number of hydrogen-bond acceptors (Lipinski definition) is 4. The Morgan fingerprint density at radius 1 is 1.50 bits per heavy atom. The van der Waals surface area contributed by atoms with Crippen LogP contribution >= 0.6 is 0 Å². The van der Waals surface area contributed by atoms with Crippen LogP contribution in [0.3, 0.4) is 0 Å². The molecule has 0 radical (unpaired) electrons. The molecule has 20 heavy (non-hydrogen) atoms. The molecular weight excluding hydrogens is 256 g/mol. The lowest BCUT2D eigenvalue weighted by atomic mass is 10.1. The van der Waals surface area contributed by atoms with Gasteiger partial charge in [-0.15, -0.1) is 0 Å². The average Bonchev–Trinajstić information content (AvgIpc) is 3.09. The highest BCUT2D eigenvalue weighted by atomic mass is 16.5. The van der Waals surface area contributed by atoms with Gasteiger partial charge in [-0.1, -0.05) is 11.2 Å². The summed E-state index contributed by atoms with van der Waals surface area (Å²) in [7, 11) is 0. The first-order valence-electron chi connectivity index (χ1n) is 6.66. The van der Waals surface area contributed by atoms with Gasteiger partial charge in [-0.2, -0.15) is 0 Å². The predicted octanol–water partition coefficient (Wildman–Crippen LogP) is 2.75. The standard InChI is InChI=1S/C14H16N4O2/c1-10-9-13(20-17-10)16-14(19)18-8-4-6-12(18)11-5-2-3-7-15-11/h2-3,5,7,9,12H,4,6,8H2,1H3,(H,16,19). The number of carbonyl (C=O) groups is 1. The Kier molecular flexibility index (Phi) is 3.37. The number of rotatable bonds is 2. The van der Waals surface area contributed by atoms with Crippen molar-refractivity contribution in [2.24, 2.45) is 0 Å². The van der Waals surface area contributed by atoms with Gasteiger partial charge in [0.15, 0.2) is 0 Å². The van der Waals surface area contributed by atoms with Crippen molar-refractivity contribution < 1.29 is 9.32 Å². The number of urea groups is 1. The third-order valence-electron chi connectivity index (χ3n) is 3.40. The molecule has 1 aliphatic rings. The van der Waals surface area contributed by atoms with E-state index in [1.807, 2.05) is 25.1 Å². The Bertz CT molecular complexity index is 596. The van der Waals surface area contributed by atoms with Crippen LogP contribution in [0.2, 0.25) is 0 Å². The summed E-state index contributed by atoms with van der Waals surface area (Å²) in [6.07, 6.45) is 3.66. The quantitative estimate of drug-likeness (QED) is 0.912. The second-order valence-corrected chi connectivity index (χ2v) is 4.87. The third-order valence-corrected chi connectivity index (χ3v) is 3.40. The van der Waals surface area contributed by atoms with Crippen LogP contribution in [0.4, 0.5) is 10.7 Å². The summed E-state index contributed by atoms with van der Waals surface area (Å²) in [4.78, 5) is 18.4. The van der Waals surface area contributed by atoms with Gasteiger partial charge in [0.05, 0.1) is 17.4 Å². The van der Waals surface area contributed by atoms with Gasteiger partial charge in [-0.3, -0.25) is 10.3 Å². The number of nitrogens with zero attached hydrogens (tertiary/aromatic N) is 3. The Morgan fingerprint density at radius 3 is 3.10 bits per heavy atom. The summed E-state index contributed by atoms with van der Waals surface area (Å²) in [5.41, 5.74) is 1.66. The van der Waals surface area contributed by atoms with E-state index in [1.54, 1.807) is 17.2 Å². The molecule has 1 unspecified atom stereocenters. The molecule has 1 atom stereocenters. The molecule has 1 fully saturated rings. The van der Waals surface area contributed by atoms with E-state index in [0.29, 0.717) is 5.88 Å². The zero-order valence-electron chi connectivity index (χ0n) is 11.2. The molecule has 0 bridgehead atoms. The molecular formula is C14H16N4O2. The van der Waals surface area contributed by atoms with Crippen molar-refractivity contribution in [1.82, 2.24) is 15.0 Å². The zero-order valence-corrected chi connectivity index (χ0v) is 11.2. The monoisotopic (exact) mass is 272 g/mol. The van der Waals surface area contributed by atoms with Crippen LogP contribution in [0.15, 0.2) is 35.0 Å². The molecule has 6 heteroatoms. The Morgan fingerprint density at radius 2 is 2.40 bits per heavy atom. The van der Waals surface area contributed by atoms with Crippen molar-refractivity contribution in [1.29, 1.82) is 0 Å². The lowest BCUT2D eigenvalue weighted by Crippen LogP contribution is -2.34. The molecule has 0 saturated carbocycles. The third kappa shape index (κ3) is 2.49. The summed E-state index contributed by atoms with van der Waals surface area (Å²) in [6, 6.07) is 7.32. The number of nitrogens with one attached hydrogen (secondary N) is 1. The minimum atomic E-state index is -0.172. The number of carbonyl (C=O) groups excluding carboxylic acids is 1. The maximum Gasteiger partial charge on any atom is 0.324 e. The van der Waals surface area contributed by atoms with Crippen LogP contribution in [0, 0.1) is 6.92 Å². The first-order valence-corrected chi connectivity index (χ1v) is 6.66. The Labute approximate surface area is 116 Å². The number of anilines is 1. The van der Waals surface area contributed by atoms with E-state index in [0.717, 1.165) is 30.8 Å². The van der Waals surface area contributed by atoms with Gasteiger partial charge in [-0.05, 0) is 31.9 Å². The summed E-state index contributed by atoms with van der Waals surface area (Å²) in [6.45, 7) is 2.53. The van der Waals surface area contributed by atoms with Crippen molar-refractivity contribution in [2.75, 3.05) is 11.9 Å². The second kappa shape index (κ2) is 5.32. The van der Waals surface area contributed by atoms with Crippen LogP contribution in [-0.4, -0.2) is 27.6 Å². The maximum absolute atomic E-state index is 12.3. The average molecular weight is 272 g/mol. The molecule has 0 aromatic carbocycles. The van der Waals surface area contributed by atoms with Gasteiger partial charge >= 0.3 is 6.03 Å². The molecule has 3 rings (SSSR count). The second-order valence-electron chi connectivity index (χ2n) is 4.87. The van der Waals surface area contributed by atoms with Gasteiger partial charge in [0.2, 0.25) is 5.88 Å². The smallest absolute Gasteiger partial charge is 0.324 e. The maximum atomic E-state index is 12.3. The molecule has 2 aromatic heterocycles. The zero-order chi connectivity index (χ0) is 13.9. The highest BCUT2D eigenvalue weighted by molar-refractivity contribution is 5.88. The number of hydrogen-bond donors (Lipinski definition) is 1. The lowest BCUT2D eigenvalue weighted by Gasteiger charge is -2.23. The fourth-order valence-corrected chi connectivity index (χ4v) is 2.49. The van der Waals surface area contributed by atoms with E-state index in [-0.39, 0.29) is 12.1 Å². The summed E-state index contributed by atoms with van der Waals surface area (Å²) < 4.78 is 5.01. The number of aryl methyl sites for hydroxylation is 1. The fraction of sp³-hybridized carbons (Fsp3) is 0.357. The van der Waals surface area contributed by atoms with Crippen LogP contribution < -0.4 is 5.32 Å². The highest BCUT2D eigenvalue weighted by Gasteiger charge is 2.31. The van der Waals surface area contributed by atoms with Crippen molar-refractivity contribution in [3.63, 3.8) is 0 Å². The molecule has 6 nitrogen and oxygen atoms in total. The SMILES string of the molecule is Cc1cc(NC(=O)N2CCCC2c2ccccn2)on1. The van der Waals surface area contributed by atoms with E-state index in [4.69, 9.17) is 4.52 Å². The minimum Gasteiger partial charge on any atom is -0.338 e. The topological polar surface area (TPSA) is 71.3 Å². The van der Waals surface area contributed by atoms with Crippen molar-refractivity contribution >= 4 is 11.9 Å². The summed E-state index contributed by atoms with van der Waals surface area (Å²) in [5.74, 6) is 0.374. The molecule has 0 spiro atoms. The number of amides is 2. The molecule has 1 N–H and O–H groups in total. The van der Waals surface area contributed by atoms with E-state index in [2.05, 4.69) is 15.5 Å².